The molecule has 0 aromatic rings. The molecule has 0 aliphatic heterocycles. The summed E-state index contributed by atoms with van der Waals surface area (Å²) in [4.78, 5) is 17.0. The Kier molecular flexibility index (Phi) is 5.72. The van der Waals surface area contributed by atoms with E-state index in [-0.39, 0.29) is 5.92 Å². The van der Waals surface area contributed by atoms with Gasteiger partial charge in [-0.25, -0.2) is 0 Å². The quantitative estimate of drug-likeness (QED) is 0.569. The van der Waals surface area contributed by atoms with Gasteiger partial charge in [-0.1, -0.05) is 6.92 Å². The Morgan fingerprint density at radius 3 is 2.50 bits per heavy atom. The third-order valence-corrected chi connectivity index (χ3v) is 4.30. The van der Waals surface area contributed by atoms with Crippen LogP contribution in [0.15, 0.2) is 15.6 Å². The van der Waals surface area contributed by atoms with Gasteiger partial charge in [-0.2, -0.15) is 0 Å². The molecule has 0 bridgehead atoms. The summed E-state index contributed by atoms with van der Waals surface area (Å²) in [6.45, 7) is 2.19. The van der Waals surface area contributed by atoms with Gasteiger partial charge in [-0.15, -0.1) is 11.8 Å². The Hall–Kier alpha value is -0.970. The van der Waals surface area contributed by atoms with Crippen LogP contribution in [-0.2, 0) is 4.79 Å². The van der Waals surface area contributed by atoms with Crippen LogP contribution in [0.4, 0.5) is 0 Å². The average Bonchev–Trinajstić information content (AvgIpc) is 2.33. The van der Waals surface area contributed by atoms with E-state index in [0.717, 1.165) is 23.4 Å². The second-order valence-corrected chi connectivity index (χ2v) is 5.60. The van der Waals surface area contributed by atoms with Gasteiger partial charge in [-0.3, -0.25) is 9.79 Å². The lowest BCUT2D eigenvalue weighted by Crippen LogP contribution is -2.30. The molecule has 0 atom stereocenters. The summed E-state index contributed by atoms with van der Waals surface area (Å²) >= 11 is 1.52. The fourth-order valence-electron chi connectivity index (χ4n) is 2.25. The lowest BCUT2D eigenvalue weighted by atomic mass is 9.73. The average molecular weight is 269 g/mol. The maximum Gasteiger partial charge on any atom is 0.141 e. The van der Waals surface area contributed by atoms with Crippen LogP contribution in [0, 0.1) is 11.8 Å². The van der Waals surface area contributed by atoms with E-state index in [4.69, 9.17) is 5.73 Å². The molecule has 0 saturated heterocycles. The molecule has 1 rings (SSSR count). The van der Waals surface area contributed by atoms with Crippen LogP contribution in [0.3, 0.4) is 0 Å². The van der Waals surface area contributed by atoms with Gasteiger partial charge in [0.15, 0.2) is 0 Å². The van der Waals surface area contributed by atoms with E-state index in [1.807, 2.05) is 13.3 Å². The zero-order valence-electron chi connectivity index (χ0n) is 11.6. The number of thioether (sulfide) groups is 1. The zero-order chi connectivity index (χ0) is 13.7. The first-order valence-electron chi connectivity index (χ1n) is 6.23. The van der Waals surface area contributed by atoms with Crippen LogP contribution in [0.5, 0.6) is 0 Å². The topological polar surface area (TPSA) is 67.5 Å². The fraction of sp³-hybridized carbons (Fsp3) is 0.692. The standard InChI is InChI=1S/C13H23N3OS/c1-8-5-9(6-8)11(17)7-10(15-2)12(18-4)13(14)16-3/h8-9,15H,5-7H2,1-4H3,(H2,14,16)/b12-10+. The number of amidine groups is 1. The van der Waals surface area contributed by atoms with Crippen molar-refractivity contribution in [2.45, 2.75) is 26.2 Å². The molecule has 1 saturated carbocycles. The van der Waals surface area contributed by atoms with E-state index in [2.05, 4.69) is 17.2 Å². The van der Waals surface area contributed by atoms with Crippen molar-refractivity contribution in [2.24, 2.45) is 22.6 Å². The number of allylic oxidation sites excluding steroid dienone is 1. The summed E-state index contributed by atoms with van der Waals surface area (Å²) in [6.07, 6.45) is 4.43. The zero-order valence-corrected chi connectivity index (χ0v) is 12.4. The minimum atomic E-state index is 0.242. The third kappa shape index (κ3) is 3.51. The molecule has 5 heteroatoms. The number of ketones is 1. The number of hydrogen-bond acceptors (Lipinski definition) is 4. The maximum atomic E-state index is 12.1. The van der Waals surface area contributed by atoms with E-state index in [1.54, 1.807) is 7.05 Å². The molecule has 102 valence electrons. The van der Waals surface area contributed by atoms with Crippen LogP contribution in [-0.4, -0.2) is 32.0 Å². The van der Waals surface area contributed by atoms with Crippen LogP contribution >= 0.6 is 11.8 Å². The first-order chi connectivity index (χ1) is 8.53. The van der Waals surface area contributed by atoms with Crippen LogP contribution in [0.1, 0.15) is 26.2 Å². The highest BCUT2D eigenvalue weighted by atomic mass is 32.2. The number of rotatable bonds is 6. The summed E-state index contributed by atoms with van der Waals surface area (Å²) in [5, 5.41) is 3.09. The van der Waals surface area contributed by atoms with Crippen molar-refractivity contribution in [2.75, 3.05) is 20.4 Å². The lowest BCUT2D eigenvalue weighted by Gasteiger charge is -2.31. The highest BCUT2D eigenvalue weighted by Gasteiger charge is 2.31. The number of aliphatic imine (C=N–C) groups is 1. The molecule has 0 aromatic heterocycles. The van der Waals surface area contributed by atoms with Gasteiger partial charge < -0.3 is 11.1 Å². The van der Waals surface area contributed by atoms with Crippen molar-refractivity contribution >= 4 is 23.4 Å². The summed E-state index contributed by atoms with van der Waals surface area (Å²) in [5.74, 6) is 1.74. The molecular weight excluding hydrogens is 246 g/mol. The monoisotopic (exact) mass is 269 g/mol. The molecule has 1 aliphatic carbocycles. The molecule has 0 radical (unpaired) electrons. The van der Waals surface area contributed by atoms with Gasteiger partial charge in [-0.05, 0) is 25.0 Å². The summed E-state index contributed by atoms with van der Waals surface area (Å²) in [5.41, 5.74) is 6.73. The van der Waals surface area contributed by atoms with Crippen LogP contribution in [0.25, 0.3) is 0 Å². The van der Waals surface area contributed by atoms with Crippen molar-refractivity contribution in [1.82, 2.24) is 5.32 Å². The Bertz CT molecular complexity index is 370. The van der Waals surface area contributed by atoms with Gasteiger partial charge in [0, 0.05) is 32.1 Å². The second-order valence-electron chi connectivity index (χ2n) is 4.79. The van der Waals surface area contributed by atoms with Gasteiger partial charge in [0.2, 0.25) is 0 Å². The normalized spacial score (nSPS) is 25.2. The van der Waals surface area contributed by atoms with Crippen LogP contribution in [0.2, 0.25) is 0 Å². The molecule has 4 nitrogen and oxygen atoms in total. The smallest absolute Gasteiger partial charge is 0.141 e. The lowest BCUT2D eigenvalue weighted by molar-refractivity contribution is -0.125. The number of nitrogens with zero attached hydrogens (tertiary/aromatic N) is 1. The van der Waals surface area contributed by atoms with Gasteiger partial charge in [0.1, 0.15) is 11.6 Å². The molecule has 1 aliphatic rings. The van der Waals surface area contributed by atoms with Crippen molar-refractivity contribution < 1.29 is 4.79 Å². The predicted octanol–water partition coefficient (Wildman–Crippen LogP) is 1.77. The molecular formula is C13H23N3OS. The molecule has 0 spiro atoms. The van der Waals surface area contributed by atoms with Gasteiger partial charge in [0.25, 0.3) is 0 Å². The summed E-state index contributed by atoms with van der Waals surface area (Å²) in [7, 11) is 3.49. The first kappa shape index (κ1) is 15.1. The van der Waals surface area contributed by atoms with E-state index in [1.165, 1.54) is 11.8 Å². The second kappa shape index (κ2) is 6.83. The molecule has 0 aromatic carbocycles. The molecule has 18 heavy (non-hydrogen) atoms. The Balaban J connectivity index is 2.76. The van der Waals surface area contributed by atoms with Gasteiger partial charge >= 0.3 is 0 Å². The minimum absolute atomic E-state index is 0.242. The Morgan fingerprint density at radius 2 is 2.11 bits per heavy atom. The van der Waals surface area contributed by atoms with E-state index >= 15 is 0 Å². The van der Waals surface area contributed by atoms with Crippen molar-refractivity contribution in [3.05, 3.63) is 10.6 Å². The highest BCUT2D eigenvalue weighted by molar-refractivity contribution is 8.03. The molecule has 0 amide bonds. The molecule has 0 unspecified atom stereocenters. The first-order valence-corrected chi connectivity index (χ1v) is 7.46. The van der Waals surface area contributed by atoms with Crippen molar-refractivity contribution in [3.63, 3.8) is 0 Å². The fourth-order valence-corrected chi connectivity index (χ4v) is 2.97. The molecule has 1 fully saturated rings. The number of Topliss-reactive ketones (excluding diaryl/α,β-unsaturated/α-hetero) is 1. The van der Waals surface area contributed by atoms with E-state index in [0.29, 0.717) is 24.0 Å². The molecule has 3 N–H and O–H groups in total. The minimum Gasteiger partial charge on any atom is -0.390 e. The highest BCUT2D eigenvalue weighted by Crippen LogP contribution is 2.35. The van der Waals surface area contributed by atoms with Gasteiger partial charge in [0.05, 0.1) is 4.91 Å². The Morgan fingerprint density at radius 1 is 1.50 bits per heavy atom. The number of nitrogens with one attached hydrogen (secondary N) is 1. The predicted molar refractivity (Wildman–Crippen MR) is 78.7 cm³/mol. The maximum absolute atomic E-state index is 12.1. The number of hydrogen-bond donors (Lipinski definition) is 2. The van der Waals surface area contributed by atoms with Crippen LogP contribution < -0.4 is 11.1 Å². The third-order valence-electron chi connectivity index (χ3n) is 3.43. The number of nitrogens with two attached hydrogens (primary N) is 1. The number of carbonyl (C=O) groups excluding carboxylic acids is 1. The number of carbonyl (C=O) groups is 1. The summed E-state index contributed by atoms with van der Waals surface area (Å²) < 4.78 is 0. The van der Waals surface area contributed by atoms with E-state index < -0.39 is 0 Å². The SMILES string of the molecule is C/N=C(N)\C(SC)=C(\CC(=O)C1CC(C)C1)NC. The Labute approximate surface area is 113 Å². The van der Waals surface area contributed by atoms with E-state index in [9.17, 15) is 4.79 Å². The summed E-state index contributed by atoms with van der Waals surface area (Å²) in [6, 6.07) is 0. The van der Waals surface area contributed by atoms with Crippen molar-refractivity contribution in [1.29, 1.82) is 0 Å². The van der Waals surface area contributed by atoms with Crippen molar-refractivity contribution in [3.8, 4) is 0 Å². The largest absolute Gasteiger partial charge is 0.390 e. The molecule has 0 heterocycles.